The molecule has 2 aliphatic rings. The molecule has 3 N–H and O–H groups in total. The summed E-state index contributed by atoms with van der Waals surface area (Å²) in [5.74, 6) is 0.818. The molecule has 1 heterocycles. The van der Waals surface area contributed by atoms with Crippen LogP contribution in [0.1, 0.15) is 23.1 Å². The van der Waals surface area contributed by atoms with Crippen LogP contribution < -0.4 is 15.4 Å². The molecule has 1 aliphatic heterocycles. The maximum absolute atomic E-state index is 12.5. The molecule has 6 heteroatoms. The highest BCUT2D eigenvalue weighted by molar-refractivity contribution is 6.30. The fourth-order valence-corrected chi connectivity index (χ4v) is 3.88. The summed E-state index contributed by atoms with van der Waals surface area (Å²) in [5, 5.41) is 16.5. The number of hydrogen-bond acceptors (Lipinski definition) is 3. The standard InChI is InChI=1S/C20H21ClN2O3/c21-14-5-7-19-13(8-14)9-15(11-26-19)22-20(25)23-18-3-1-2-12-4-6-16(24)10-17(12)18/h1-3,5,7-8,15-16,24H,4,6,9-11H2,(H2,22,23,25). The van der Waals surface area contributed by atoms with Gasteiger partial charge >= 0.3 is 6.03 Å². The Morgan fingerprint density at radius 3 is 2.96 bits per heavy atom. The Labute approximate surface area is 157 Å². The lowest BCUT2D eigenvalue weighted by molar-refractivity contribution is 0.159. The van der Waals surface area contributed by atoms with Gasteiger partial charge in [0.2, 0.25) is 0 Å². The van der Waals surface area contributed by atoms with E-state index in [9.17, 15) is 9.90 Å². The van der Waals surface area contributed by atoms with Crippen LogP contribution in [0, 0.1) is 0 Å². The molecule has 4 rings (SSSR count). The second-order valence-corrected chi connectivity index (χ2v) is 7.34. The van der Waals surface area contributed by atoms with E-state index >= 15 is 0 Å². The van der Waals surface area contributed by atoms with Gasteiger partial charge in [-0.3, -0.25) is 0 Å². The number of anilines is 1. The molecule has 0 aromatic heterocycles. The molecule has 1 aliphatic carbocycles. The van der Waals surface area contributed by atoms with Crippen molar-refractivity contribution in [2.24, 2.45) is 0 Å². The summed E-state index contributed by atoms with van der Waals surface area (Å²) >= 11 is 6.04. The first-order valence-corrected chi connectivity index (χ1v) is 9.24. The molecule has 2 amide bonds. The van der Waals surface area contributed by atoms with Crippen molar-refractivity contribution in [2.45, 2.75) is 37.8 Å². The number of amides is 2. The summed E-state index contributed by atoms with van der Waals surface area (Å²) < 4.78 is 5.71. The van der Waals surface area contributed by atoms with E-state index in [0.717, 1.165) is 35.4 Å². The van der Waals surface area contributed by atoms with Crippen molar-refractivity contribution >= 4 is 23.3 Å². The number of carbonyl (C=O) groups excluding carboxylic acids is 1. The number of hydrogen-bond donors (Lipinski definition) is 3. The number of aliphatic hydroxyl groups excluding tert-OH is 1. The number of ether oxygens (including phenoxy) is 1. The highest BCUT2D eigenvalue weighted by atomic mass is 35.5. The zero-order valence-electron chi connectivity index (χ0n) is 14.3. The molecule has 2 aromatic rings. The number of rotatable bonds is 2. The molecule has 0 saturated carbocycles. The smallest absolute Gasteiger partial charge is 0.319 e. The Morgan fingerprint density at radius 1 is 1.19 bits per heavy atom. The van der Waals surface area contributed by atoms with Crippen molar-refractivity contribution in [2.75, 3.05) is 11.9 Å². The fourth-order valence-electron chi connectivity index (χ4n) is 3.69. The SMILES string of the molecule is O=C(Nc1cccc2c1CC(O)CC2)NC1COc2ccc(Cl)cc2C1. The van der Waals surface area contributed by atoms with Crippen LogP contribution in [-0.4, -0.2) is 29.9 Å². The number of aryl methyl sites for hydroxylation is 1. The molecule has 136 valence electrons. The number of benzene rings is 2. The highest BCUT2D eigenvalue weighted by Gasteiger charge is 2.23. The summed E-state index contributed by atoms with van der Waals surface area (Å²) in [5.41, 5.74) is 3.98. The largest absolute Gasteiger partial charge is 0.491 e. The monoisotopic (exact) mass is 372 g/mol. The maximum atomic E-state index is 12.5. The quantitative estimate of drug-likeness (QED) is 0.757. The first-order valence-electron chi connectivity index (χ1n) is 8.86. The first-order chi connectivity index (χ1) is 12.6. The van der Waals surface area contributed by atoms with E-state index in [-0.39, 0.29) is 18.2 Å². The lowest BCUT2D eigenvalue weighted by Crippen LogP contribution is -2.44. The third-order valence-corrected chi connectivity index (χ3v) is 5.21. The van der Waals surface area contributed by atoms with Crippen molar-refractivity contribution in [3.8, 4) is 5.75 Å². The number of carbonyl (C=O) groups is 1. The Balaban J connectivity index is 1.42. The molecule has 2 unspecified atom stereocenters. The molecule has 0 fully saturated rings. The van der Waals surface area contributed by atoms with Gasteiger partial charge in [-0.2, -0.15) is 0 Å². The van der Waals surface area contributed by atoms with Crippen LogP contribution in [0.15, 0.2) is 36.4 Å². The summed E-state index contributed by atoms with van der Waals surface area (Å²) in [7, 11) is 0. The summed E-state index contributed by atoms with van der Waals surface area (Å²) in [6.45, 7) is 0.424. The topological polar surface area (TPSA) is 70.6 Å². The molecule has 0 radical (unpaired) electrons. The summed E-state index contributed by atoms with van der Waals surface area (Å²) in [4.78, 5) is 12.5. The molecule has 0 saturated heterocycles. The van der Waals surface area contributed by atoms with Gasteiger partial charge in [-0.25, -0.2) is 4.79 Å². The molecule has 5 nitrogen and oxygen atoms in total. The number of urea groups is 1. The van der Waals surface area contributed by atoms with Gasteiger partial charge < -0.3 is 20.5 Å². The van der Waals surface area contributed by atoms with Gasteiger partial charge in [0.05, 0.1) is 12.1 Å². The van der Waals surface area contributed by atoms with E-state index in [2.05, 4.69) is 16.7 Å². The molecule has 0 bridgehead atoms. The minimum Gasteiger partial charge on any atom is -0.491 e. The van der Waals surface area contributed by atoms with Crippen molar-refractivity contribution < 1.29 is 14.6 Å². The average molecular weight is 373 g/mol. The lowest BCUT2D eigenvalue weighted by Gasteiger charge is -2.27. The normalized spacial score (nSPS) is 21.2. The molecule has 2 atom stereocenters. The Hall–Kier alpha value is -2.24. The van der Waals surface area contributed by atoms with E-state index in [4.69, 9.17) is 16.3 Å². The van der Waals surface area contributed by atoms with Crippen LogP contribution >= 0.6 is 11.6 Å². The van der Waals surface area contributed by atoms with Crippen LogP contribution in [0.4, 0.5) is 10.5 Å². The number of aliphatic hydroxyl groups is 1. The third-order valence-electron chi connectivity index (χ3n) is 4.97. The van der Waals surface area contributed by atoms with Crippen LogP contribution in [0.2, 0.25) is 5.02 Å². The van der Waals surface area contributed by atoms with Crippen LogP contribution in [0.5, 0.6) is 5.75 Å². The zero-order chi connectivity index (χ0) is 18.1. The summed E-state index contributed by atoms with van der Waals surface area (Å²) in [6.07, 6.45) is 2.51. The fraction of sp³-hybridized carbons (Fsp3) is 0.350. The van der Waals surface area contributed by atoms with Crippen LogP contribution in [0.3, 0.4) is 0 Å². The molecular weight excluding hydrogens is 352 g/mol. The molecule has 2 aromatic carbocycles. The third kappa shape index (κ3) is 3.64. The van der Waals surface area contributed by atoms with Crippen molar-refractivity contribution in [1.82, 2.24) is 5.32 Å². The Bertz CT molecular complexity index is 840. The number of halogens is 1. The minimum atomic E-state index is -0.346. The minimum absolute atomic E-state index is 0.119. The lowest BCUT2D eigenvalue weighted by atomic mass is 9.88. The van der Waals surface area contributed by atoms with Gasteiger partial charge in [-0.1, -0.05) is 23.7 Å². The Morgan fingerprint density at radius 2 is 2.08 bits per heavy atom. The zero-order valence-corrected chi connectivity index (χ0v) is 15.1. The predicted octanol–water partition coefficient (Wildman–Crippen LogP) is 3.31. The second-order valence-electron chi connectivity index (χ2n) is 6.90. The van der Waals surface area contributed by atoms with E-state index in [1.54, 1.807) is 6.07 Å². The highest BCUT2D eigenvalue weighted by Crippen LogP contribution is 2.29. The van der Waals surface area contributed by atoms with E-state index in [1.165, 1.54) is 5.56 Å². The second kappa shape index (κ2) is 7.17. The van der Waals surface area contributed by atoms with Gasteiger partial charge in [0.15, 0.2) is 0 Å². The van der Waals surface area contributed by atoms with E-state index in [0.29, 0.717) is 24.5 Å². The van der Waals surface area contributed by atoms with E-state index in [1.807, 2.05) is 24.3 Å². The Kier molecular flexibility index (Phi) is 4.74. The van der Waals surface area contributed by atoms with Crippen LogP contribution in [0.25, 0.3) is 0 Å². The van der Waals surface area contributed by atoms with Gasteiger partial charge in [0.25, 0.3) is 0 Å². The van der Waals surface area contributed by atoms with Crippen molar-refractivity contribution in [1.29, 1.82) is 0 Å². The molecular formula is C20H21ClN2O3. The summed E-state index contributed by atoms with van der Waals surface area (Å²) in [6, 6.07) is 11.0. The van der Waals surface area contributed by atoms with Gasteiger partial charge in [-0.05, 0) is 60.2 Å². The number of fused-ring (bicyclic) bond motifs is 2. The van der Waals surface area contributed by atoms with Gasteiger partial charge in [-0.15, -0.1) is 0 Å². The maximum Gasteiger partial charge on any atom is 0.319 e. The van der Waals surface area contributed by atoms with Crippen molar-refractivity contribution in [3.05, 3.63) is 58.1 Å². The van der Waals surface area contributed by atoms with Crippen molar-refractivity contribution in [3.63, 3.8) is 0 Å². The number of nitrogens with one attached hydrogen (secondary N) is 2. The average Bonchev–Trinajstić information content (AvgIpc) is 2.62. The molecule has 0 spiro atoms. The van der Waals surface area contributed by atoms with Crippen LogP contribution in [-0.2, 0) is 19.3 Å². The predicted molar refractivity (Wildman–Crippen MR) is 101 cm³/mol. The van der Waals surface area contributed by atoms with Gasteiger partial charge in [0.1, 0.15) is 12.4 Å². The first kappa shape index (κ1) is 17.2. The molecule has 26 heavy (non-hydrogen) atoms. The van der Waals surface area contributed by atoms with E-state index < -0.39 is 0 Å². The van der Waals surface area contributed by atoms with Gasteiger partial charge in [0, 0.05) is 17.1 Å².